The Bertz CT molecular complexity index is 590. The lowest BCUT2D eigenvalue weighted by Crippen LogP contribution is -1.97. The van der Waals surface area contributed by atoms with E-state index in [2.05, 4.69) is 16.2 Å². The van der Waals surface area contributed by atoms with Crippen molar-refractivity contribution < 1.29 is 4.39 Å². The third kappa shape index (κ3) is 2.74. The molecule has 0 aliphatic carbocycles. The highest BCUT2D eigenvalue weighted by Crippen LogP contribution is 2.20. The van der Waals surface area contributed by atoms with Gasteiger partial charge in [-0.3, -0.25) is 0 Å². The predicted octanol–water partition coefficient (Wildman–Crippen LogP) is 3.60. The van der Waals surface area contributed by atoms with Crippen molar-refractivity contribution in [2.75, 3.05) is 5.32 Å². The predicted molar refractivity (Wildman–Crippen MR) is 66.9 cm³/mol. The number of nitrogens with zero attached hydrogens (tertiary/aromatic N) is 1. The topological polar surface area (TPSA) is 24.9 Å². The van der Waals surface area contributed by atoms with Crippen LogP contribution in [0.1, 0.15) is 5.56 Å². The third-order valence-electron chi connectivity index (χ3n) is 2.10. The molecule has 1 N–H and O–H groups in total. The van der Waals surface area contributed by atoms with E-state index in [0.29, 0.717) is 11.3 Å². The van der Waals surface area contributed by atoms with Gasteiger partial charge in [0, 0.05) is 17.4 Å². The molecule has 2 nitrogen and oxygen atoms in total. The van der Waals surface area contributed by atoms with Crippen LogP contribution in [0.15, 0.2) is 36.5 Å². The molecule has 0 radical (unpaired) electrons. The molecule has 0 fully saturated rings. The maximum atomic E-state index is 13.5. The van der Waals surface area contributed by atoms with Gasteiger partial charge in [0.1, 0.15) is 0 Å². The first-order chi connectivity index (χ1) is 8.19. The number of terminal acetylenes is 1. The van der Waals surface area contributed by atoms with E-state index in [4.69, 9.17) is 18.0 Å². The van der Waals surface area contributed by atoms with E-state index in [1.165, 1.54) is 12.3 Å². The highest BCUT2D eigenvalue weighted by molar-refractivity contribution is 6.30. The molecule has 0 aliphatic rings. The van der Waals surface area contributed by atoms with Crippen molar-refractivity contribution in [3.05, 3.63) is 52.9 Å². The molecule has 0 bridgehead atoms. The van der Waals surface area contributed by atoms with Crippen molar-refractivity contribution >= 4 is 23.1 Å². The highest BCUT2D eigenvalue weighted by atomic mass is 35.5. The molecule has 4 heteroatoms. The number of aromatic nitrogens is 1. The molecular formula is C13H8ClFN2. The summed E-state index contributed by atoms with van der Waals surface area (Å²) < 4.78 is 13.5. The molecule has 1 aromatic carbocycles. The molecule has 2 rings (SSSR count). The van der Waals surface area contributed by atoms with Crippen LogP contribution in [0.4, 0.5) is 15.9 Å². The minimum absolute atomic E-state index is 0.114. The van der Waals surface area contributed by atoms with Crippen LogP contribution in [0.3, 0.4) is 0 Å². The van der Waals surface area contributed by atoms with Crippen LogP contribution in [-0.2, 0) is 0 Å². The Kier molecular flexibility index (Phi) is 3.27. The molecule has 2 aromatic rings. The number of halogens is 2. The average Bonchev–Trinajstić information content (AvgIpc) is 2.33. The molecule has 0 saturated heterocycles. The van der Waals surface area contributed by atoms with Gasteiger partial charge in [0.25, 0.3) is 0 Å². The zero-order valence-corrected chi connectivity index (χ0v) is 9.50. The Morgan fingerprint density at radius 1 is 1.35 bits per heavy atom. The van der Waals surface area contributed by atoms with Crippen molar-refractivity contribution in [1.29, 1.82) is 0 Å². The molecular weight excluding hydrogens is 239 g/mol. The lowest BCUT2D eigenvalue weighted by molar-refractivity contribution is 0.626. The molecule has 0 aliphatic heterocycles. The van der Waals surface area contributed by atoms with Gasteiger partial charge in [-0.2, -0.15) is 0 Å². The molecule has 0 atom stereocenters. The van der Waals surface area contributed by atoms with E-state index in [1.807, 2.05) is 0 Å². The average molecular weight is 247 g/mol. The molecule has 0 unspecified atom stereocenters. The summed E-state index contributed by atoms with van der Waals surface area (Å²) in [5, 5.41) is 3.09. The number of rotatable bonds is 2. The molecule has 84 valence electrons. The fraction of sp³-hybridized carbons (Fsp3) is 0. The van der Waals surface area contributed by atoms with Crippen LogP contribution in [0.5, 0.6) is 0 Å². The van der Waals surface area contributed by atoms with Gasteiger partial charge >= 0.3 is 0 Å². The Labute approximate surface area is 103 Å². The number of hydrogen-bond donors (Lipinski definition) is 1. The van der Waals surface area contributed by atoms with Gasteiger partial charge in [0.15, 0.2) is 11.6 Å². The van der Waals surface area contributed by atoms with Gasteiger partial charge in [-0.1, -0.05) is 23.6 Å². The SMILES string of the molecule is C#Cc1cccc(Nc2ncc(Cl)cc2F)c1. The minimum Gasteiger partial charge on any atom is -0.338 e. The summed E-state index contributed by atoms with van der Waals surface area (Å²) in [7, 11) is 0. The zero-order valence-electron chi connectivity index (χ0n) is 8.74. The monoisotopic (exact) mass is 246 g/mol. The number of anilines is 2. The highest BCUT2D eigenvalue weighted by Gasteiger charge is 2.04. The van der Waals surface area contributed by atoms with E-state index in [0.717, 1.165) is 0 Å². The summed E-state index contributed by atoms with van der Waals surface area (Å²) in [4.78, 5) is 3.86. The fourth-order valence-corrected chi connectivity index (χ4v) is 1.47. The Morgan fingerprint density at radius 3 is 2.88 bits per heavy atom. The summed E-state index contributed by atoms with van der Waals surface area (Å²) in [5.41, 5.74) is 1.39. The van der Waals surface area contributed by atoms with Gasteiger partial charge in [0.2, 0.25) is 0 Å². The number of hydrogen-bond acceptors (Lipinski definition) is 2. The first-order valence-electron chi connectivity index (χ1n) is 4.84. The maximum absolute atomic E-state index is 13.5. The normalized spacial score (nSPS) is 9.71. The Balaban J connectivity index is 2.28. The van der Waals surface area contributed by atoms with Crippen LogP contribution in [0.25, 0.3) is 0 Å². The number of pyridine rings is 1. The van der Waals surface area contributed by atoms with Crippen molar-refractivity contribution in [3.8, 4) is 12.3 Å². The maximum Gasteiger partial charge on any atom is 0.167 e. The van der Waals surface area contributed by atoms with Crippen molar-refractivity contribution in [3.63, 3.8) is 0 Å². The standard InChI is InChI=1S/C13H8ClFN2/c1-2-9-4-3-5-11(6-9)17-13-12(15)7-10(14)8-16-13/h1,3-8H,(H,16,17). The van der Waals surface area contributed by atoms with E-state index in [9.17, 15) is 4.39 Å². The number of nitrogens with one attached hydrogen (secondary N) is 1. The zero-order chi connectivity index (χ0) is 12.3. The molecule has 17 heavy (non-hydrogen) atoms. The second kappa shape index (κ2) is 4.86. The van der Waals surface area contributed by atoms with Crippen LogP contribution in [0, 0.1) is 18.2 Å². The first kappa shape index (κ1) is 11.4. The van der Waals surface area contributed by atoms with E-state index in [1.54, 1.807) is 24.3 Å². The second-order valence-electron chi connectivity index (χ2n) is 3.33. The first-order valence-corrected chi connectivity index (χ1v) is 5.21. The molecule has 0 saturated carbocycles. The smallest absolute Gasteiger partial charge is 0.167 e. The van der Waals surface area contributed by atoms with E-state index in [-0.39, 0.29) is 10.8 Å². The van der Waals surface area contributed by atoms with Crippen molar-refractivity contribution in [2.45, 2.75) is 0 Å². The Hall–Kier alpha value is -2.05. The van der Waals surface area contributed by atoms with Gasteiger partial charge in [-0.05, 0) is 24.3 Å². The van der Waals surface area contributed by atoms with Gasteiger partial charge < -0.3 is 5.32 Å². The van der Waals surface area contributed by atoms with Gasteiger partial charge in [-0.25, -0.2) is 9.37 Å². The van der Waals surface area contributed by atoms with Crippen LogP contribution in [0.2, 0.25) is 5.02 Å². The third-order valence-corrected chi connectivity index (χ3v) is 2.31. The molecule has 1 heterocycles. The summed E-state index contributed by atoms with van der Waals surface area (Å²) >= 11 is 5.61. The molecule has 0 amide bonds. The summed E-state index contributed by atoms with van der Waals surface area (Å²) in [6, 6.07) is 8.27. The molecule has 1 aromatic heterocycles. The van der Waals surface area contributed by atoms with Crippen LogP contribution >= 0.6 is 11.6 Å². The summed E-state index contributed by atoms with van der Waals surface area (Å²) in [5.74, 6) is 2.11. The lowest BCUT2D eigenvalue weighted by Gasteiger charge is -2.06. The van der Waals surface area contributed by atoms with Crippen molar-refractivity contribution in [1.82, 2.24) is 4.98 Å². The lowest BCUT2D eigenvalue weighted by atomic mass is 10.2. The minimum atomic E-state index is -0.511. The summed E-state index contributed by atoms with van der Waals surface area (Å²) in [6.45, 7) is 0. The van der Waals surface area contributed by atoms with Crippen LogP contribution in [-0.4, -0.2) is 4.98 Å². The fourth-order valence-electron chi connectivity index (χ4n) is 1.33. The quantitative estimate of drug-likeness (QED) is 0.819. The Morgan fingerprint density at radius 2 is 2.18 bits per heavy atom. The van der Waals surface area contributed by atoms with Gasteiger partial charge in [0.05, 0.1) is 5.02 Å². The van der Waals surface area contributed by atoms with Gasteiger partial charge in [-0.15, -0.1) is 6.42 Å². The second-order valence-corrected chi connectivity index (χ2v) is 3.77. The van der Waals surface area contributed by atoms with Crippen molar-refractivity contribution in [2.24, 2.45) is 0 Å². The van der Waals surface area contributed by atoms with E-state index < -0.39 is 5.82 Å². The molecule has 0 spiro atoms. The largest absolute Gasteiger partial charge is 0.338 e. The number of benzene rings is 1. The van der Waals surface area contributed by atoms with E-state index >= 15 is 0 Å². The van der Waals surface area contributed by atoms with Crippen LogP contribution < -0.4 is 5.32 Å². The summed E-state index contributed by atoms with van der Waals surface area (Å²) in [6.07, 6.45) is 6.65.